The summed E-state index contributed by atoms with van der Waals surface area (Å²) >= 11 is 0. The minimum absolute atomic E-state index is 0.0393. The zero-order valence-corrected chi connectivity index (χ0v) is 11.4. The van der Waals surface area contributed by atoms with Crippen molar-refractivity contribution in [2.75, 3.05) is 6.61 Å². The van der Waals surface area contributed by atoms with Gasteiger partial charge in [-0.15, -0.1) is 0 Å². The first-order valence-electron chi connectivity index (χ1n) is 6.56. The Morgan fingerprint density at radius 1 is 0.867 bits per heavy atom. The van der Waals surface area contributed by atoms with Crippen LogP contribution < -0.4 is 0 Å². The molecule has 0 aliphatic rings. The largest absolute Gasteiger partial charge is 0.376 e. The molecule has 0 spiro atoms. The van der Waals surface area contributed by atoms with E-state index >= 15 is 0 Å². The summed E-state index contributed by atoms with van der Waals surface area (Å²) < 4.78 is 5.67. The lowest BCUT2D eigenvalue weighted by atomic mass is 10.0. The molecule has 0 aromatic rings. The van der Waals surface area contributed by atoms with Gasteiger partial charge in [-0.25, -0.2) is 0 Å². The molecular formula is C14H30O. The Labute approximate surface area is 96.6 Å². The quantitative estimate of drug-likeness (QED) is 0.527. The van der Waals surface area contributed by atoms with Crippen LogP contribution >= 0.6 is 0 Å². The summed E-state index contributed by atoms with van der Waals surface area (Å²) in [6.45, 7) is 11.9. The maximum Gasteiger partial charge on any atom is 0.0598 e. The third kappa shape index (κ3) is 14.0. The van der Waals surface area contributed by atoms with Crippen LogP contribution in [0.15, 0.2) is 0 Å². The van der Waals surface area contributed by atoms with E-state index < -0.39 is 0 Å². The van der Waals surface area contributed by atoms with Gasteiger partial charge in [0.1, 0.15) is 0 Å². The average Bonchev–Trinajstić information content (AvgIpc) is 2.07. The number of rotatable bonds is 8. The highest BCUT2D eigenvalue weighted by Crippen LogP contribution is 2.12. The number of hydrogen-bond donors (Lipinski definition) is 0. The van der Waals surface area contributed by atoms with Crippen LogP contribution in [0, 0.1) is 5.92 Å². The van der Waals surface area contributed by atoms with Gasteiger partial charge in [-0.2, -0.15) is 0 Å². The van der Waals surface area contributed by atoms with Crippen LogP contribution in [0.5, 0.6) is 0 Å². The van der Waals surface area contributed by atoms with E-state index in [1.54, 1.807) is 0 Å². The van der Waals surface area contributed by atoms with E-state index in [0.29, 0.717) is 0 Å². The maximum absolute atomic E-state index is 5.67. The van der Waals surface area contributed by atoms with Crippen molar-refractivity contribution in [3.63, 3.8) is 0 Å². The Morgan fingerprint density at radius 2 is 1.40 bits per heavy atom. The number of hydrogen-bond acceptors (Lipinski definition) is 1. The molecule has 0 atom stereocenters. The average molecular weight is 214 g/mol. The van der Waals surface area contributed by atoms with E-state index in [9.17, 15) is 0 Å². The topological polar surface area (TPSA) is 9.23 Å². The second-order valence-electron chi connectivity index (χ2n) is 5.91. The molecule has 1 heteroatoms. The molecule has 0 saturated carbocycles. The Morgan fingerprint density at radius 3 is 1.93 bits per heavy atom. The molecule has 0 bridgehead atoms. The summed E-state index contributed by atoms with van der Waals surface area (Å²) in [6, 6.07) is 0. The van der Waals surface area contributed by atoms with Crippen molar-refractivity contribution in [1.82, 2.24) is 0 Å². The van der Waals surface area contributed by atoms with Crippen LogP contribution in [-0.4, -0.2) is 12.2 Å². The lowest BCUT2D eigenvalue weighted by Crippen LogP contribution is -2.19. The lowest BCUT2D eigenvalue weighted by molar-refractivity contribution is -0.00475. The molecule has 0 N–H and O–H groups in total. The molecule has 0 fully saturated rings. The highest BCUT2D eigenvalue weighted by molar-refractivity contribution is 4.58. The molecule has 0 saturated heterocycles. The fourth-order valence-corrected chi connectivity index (χ4v) is 1.56. The summed E-state index contributed by atoms with van der Waals surface area (Å²) in [7, 11) is 0. The van der Waals surface area contributed by atoms with Crippen LogP contribution in [0.25, 0.3) is 0 Å². The SMILES string of the molecule is CC(C)CCCCCCCOC(C)(C)C. The van der Waals surface area contributed by atoms with E-state index in [0.717, 1.165) is 12.5 Å². The smallest absolute Gasteiger partial charge is 0.0598 e. The molecule has 0 amide bonds. The number of unbranched alkanes of at least 4 members (excludes halogenated alkanes) is 4. The number of ether oxygens (including phenoxy) is 1. The first-order valence-corrected chi connectivity index (χ1v) is 6.56. The van der Waals surface area contributed by atoms with Gasteiger partial charge in [-0.05, 0) is 33.1 Å². The summed E-state index contributed by atoms with van der Waals surface area (Å²) in [6.07, 6.45) is 8.11. The maximum atomic E-state index is 5.67. The fraction of sp³-hybridized carbons (Fsp3) is 1.00. The van der Waals surface area contributed by atoms with Crippen LogP contribution in [0.1, 0.15) is 73.1 Å². The van der Waals surface area contributed by atoms with Crippen LogP contribution in [0.4, 0.5) is 0 Å². The zero-order valence-electron chi connectivity index (χ0n) is 11.4. The highest BCUT2D eigenvalue weighted by atomic mass is 16.5. The normalized spacial score (nSPS) is 12.4. The van der Waals surface area contributed by atoms with Gasteiger partial charge < -0.3 is 4.74 Å². The van der Waals surface area contributed by atoms with Gasteiger partial charge >= 0.3 is 0 Å². The van der Waals surface area contributed by atoms with Crippen LogP contribution in [-0.2, 0) is 4.74 Å². The van der Waals surface area contributed by atoms with Crippen molar-refractivity contribution in [3.05, 3.63) is 0 Å². The van der Waals surface area contributed by atoms with Crippen LogP contribution in [0.2, 0.25) is 0 Å². The Hall–Kier alpha value is -0.0400. The molecule has 0 heterocycles. The molecule has 0 aliphatic heterocycles. The summed E-state index contributed by atoms with van der Waals surface area (Å²) in [4.78, 5) is 0. The molecule has 0 aliphatic carbocycles. The molecular weight excluding hydrogens is 184 g/mol. The third-order valence-corrected chi connectivity index (χ3v) is 2.46. The molecule has 1 nitrogen and oxygen atoms in total. The first kappa shape index (κ1) is 15.0. The van der Waals surface area contributed by atoms with Crippen molar-refractivity contribution >= 4 is 0 Å². The van der Waals surface area contributed by atoms with Gasteiger partial charge in [0.25, 0.3) is 0 Å². The minimum atomic E-state index is 0.0393. The third-order valence-electron chi connectivity index (χ3n) is 2.46. The molecule has 0 radical (unpaired) electrons. The molecule has 0 unspecified atom stereocenters. The van der Waals surface area contributed by atoms with Gasteiger partial charge in [0.2, 0.25) is 0 Å². The summed E-state index contributed by atoms with van der Waals surface area (Å²) in [5.41, 5.74) is 0.0393. The standard InChI is InChI=1S/C14H30O/c1-13(2)11-9-7-6-8-10-12-15-14(3,4)5/h13H,6-12H2,1-5H3. The van der Waals surface area contributed by atoms with Crippen molar-refractivity contribution in [2.24, 2.45) is 5.92 Å². The van der Waals surface area contributed by atoms with Gasteiger partial charge in [0.15, 0.2) is 0 Å². The zero-order chi connectivity index (χ0) is 11.7. The minimum Gasteiger partial charge on any atom is -0.376 e. The molecule has 0 rings (SSSR count). The predicted molar refractivity (Wildman–Crippen MR) is 68.2 cm³/mol. The van der Waals surface area contributed by atoms with Crippen molar-refractivity contribution < 1.29 is 4.74 Å². The van der Waals surface area contributed by atoms with Gasteiger partial charge in [-0.3, -0.25) is 0 Å². The molecule has 0 aromatic heterocycles. The Kier molecular flexibility index (Phi) is 8.13. The lowest BCUT2D eigenvalue weighted by Gasteiger charge is -2.19. The van der Waals surface area contributed by atoms with Crippen molar-refractivity contribution in [2.45, 2.75) is 78.7 Å². The Bertz CT molecular complexity index is 133. The Balaban J connectivity index is 3.06. The van der Waals surface area contributed by atoms with Gasteiger partial charge in [-0.1, -0.05) is 46.0 Å². The molecule has 15 heavy (non-hydrogen) atoms. The summed E-state index contributed by atoms with van der Waals surface area (Å²) in [5.74, 6) is 0.870. The molecule has 0 aromatic carbocycles. The second kappa shape index (κ2) is 8.15. The van der Waals surface area contributed by atoms with E-state index in [2.05, 4.69) is 34.6 Å². The second-order valence-corrected chi connectivity index (χ2v) is 5.91. The van der Waals surface area contributed by atoms with Crippen LogP contribution in [0.3, 0.4) is 0 Å². The van der Waals surface area contributed by atoms with Crippen molar-refractivity contribution in [3.8, 4) is 0 Å². The van der Waals surface area contributed by atoms with Crippen molar-refractivity contribution in [1.29, 1.82) is 0 Å². The van der Waals surface area contributed by atoms with E-state index in [4.69, 9.17) is 4.74 Å². The first-order chi connectivity index (χ1) is 6.92. The van der Waals surface area contributed by atoms with E-state index in [-0.39, 0.29) is 5.60 Å². The highest BCUT2D eigenvalue weighted by Gasteiger charge is 2.08. The summed E-state index contributed by atoms with van der Waals surface area (Å²) in [5, 5.41) is 0. The van der Waals surface area contributed by atoms with E-state index in [1.807, 2.05) is 0 Å². The molecule has 92 valence electrons. The fourth-order valence-electron chi connectivity index (χ4n) is 1.56. The van der Waals surface area contributed by atoms with Gasteiger partial charge in [0.05, 0.1) is 5.60 Å². The predicted octanol–water partition coefficient (Wildman–Crippen LogP) is 4.80. The van der Waals surface area contributed by atoms with Gasteiger partial charge in [0, 0.05) is 6.61 Å². The monoisotopic (exact) mass is 214 g/mol. The van der Waals surface area contributed by atoms with E-state index in [1.165, 1.54) is 38.5 Å².